The van der Waals surface area contributed by atoms with Crippen molar-refractivity contribution in [2.24, 2.45) is 0 Å². The monoisotopic (exact) mass is 457 g/mol. The number of nitrogens with one attached hydrogen (secondary N) is 2. The third kappa shape index (κ3) is 4.80. The lowest BCUT2D eigenvalue weighted by Crippen LogP contribution is -2.28. The Morgan fingerprint density at radius 3 is 2.73 bits per heavy atom. The molecule has 33 heavy (non-hydrogen) atoms. The van der Waals surface area contributed by atoms with Gasteiger partial charge >= 0.3 is 0 Å². The number of aromatic nitrogens is 3. The van der Waals surface area contributed by atoms with Gasteiger partial charge in [-0.3, -0.25) is 19.5 Å². The molecule has 0 unspecified atom stereocenters. The zero-order valence-corrected chi connectivity index (χ0v) is 18.1. The van der Waals surface area contributed by atoms with E-state index >= 15 is 0 Å². The summed E-state index contributed by atoms with van der Waals surface area (Å²) >= 11 is 0. The maximum atomic E-state index is 14.4. The highest BCUT2D eigenvalue weighted by molar-refractivity contribution is 5.92. The number of fused-ring (bicyclic) bond motifs is 1. The summed E-state index contributed by atoms with van der Waals surface area (Å²) in [5, 5.41) is 2.41. The summed E-state index contributed by atoms with van der Waals surface area (Å²) < 4.78 is 41.6. The lowest BCUT2D eigenvalue weighted by atomic mass is 10.00. The van der Waals surface area contributed by atoms with Gasteiger partial charge in [0.05, 0.1) is 16.6 Å². The van der Waals surface area contributed by atoms with E-state index < -0.39 is 28.9 Å². The Balaban J connectivity index is 1.48. The van der Waals surface area contributed by atoms with Crippen molar-refractivity contribution in [1.82, 2.24) is 25.2 Å². The topological polar surface area (TPSA) is 91.0 Å². The van der Waals surface area contributed by atoms with Crippen LogP contribution >= 0.6 is 0 Å². The summed E-state index contributed by atoms with van der Waals surface area (Å²) in [7, 11) is 1.46. The van der Waals surface area contributed by atoms with Crippen molar-refractivity contribution in [3.63, 3.8) is 0 Å². The number of carbonyl (C=O) groups is 1. The van der Waals surface area contributed by atoms with Crippen LogP contribution in [-0.2, 0) is 12.5 Å². The van der Waals surface area contributed by atoms with Crippen molar-refractivity contribution in [3.8, 4) is 0 Å². The Labute approximate surface area is 187 Å². The number of halogens is 3. The molecule has 3 aromatic heterocycles. The van der Waals surface area contributed by atoms with Crippen LogP contribution in [0.2, 0.25) is 0 Å². The van der Waals surface area contributed by atoms with E-state index in [2.05, 4.69) is 25.2 Å². The minimum atomic E-state index is -3.25. The molecule has 1 aliphatic rings. The first-order chi connectivity index (χ1) is 15.7. The fraction of sp³-hybridized carbons (Fsp3) is 0.304. The van der Waals surface area contributed by atoms with Gasteiger partial charge in [-0.2, -0.15) is 4.39 Å². The van der Waals surface area contributed by atoms with Crippen LogP contribution in [0.1, 0.15) is 40.5 Å². The molecule has 1 aliphatic heterocycles. The average molecular weight is 457 g/mol. The third-order valence-corrected chi connectivity index (χ3v) is 5.58. The molecule has 0 radical (unpaired) electrons. The molecule has 10 heteroatoms. The van der Waals surface area contributed by atoms with Crippen molar-refractivity contribution < 1.29 is 18.0 Å². The maximum Gasteiger partial charge on any atom is 0.275 e. The normalized spacial score (nSPS) is 14.9. The number of hydrogen-bond acceptors (Lipinski definition) is 5. The smallest absolute Gasteiger partial charge is 0.275 e. The standard InChI is InChI=1S/C23H22F3N5O2/c1-23(25,26)16-10-18-19(30-21(16)32)9-13(11-28-18)12-31-7-5-14(6-8-31)15-3-4-17(22(33)27-2)29-20(15)24/h3-5,9-11H,6-8,12H2,1-2H3,(H,27,33)(H,30,32). The summed E-state index contributed by atoms with van der Waals surface area (Å²) in [6, 6.07) is 5.89. The first-order valence-corrected chi connectivity index (χ1v) is 10.4. The van der Waals surface area contributed by atoms with Gasteiger partial charge in [0.2, 0.25) is 5.95 Å². The largest absolute Gasteiger partial charge is 0.354 e. The molecule has 4 heterocycles. The van der Waals surface area contributed by atoms with Crippen molar-refractivity contribution in [3.05, 3.63) is 75.2 Å². The van der Waals surface area contributed by atoms with E-state index in [1.54, 1.807) is 18.3 Å². The van der Waals surface area contributed by atoms with Crippen LogP contribution < -0.4 is 10.9 Å². The van der Waals surface area contributed by atoms with Gasteiger partial charge in [-0.1, -0.05) is 6.08 Å². The number of pyridine rings is 3. The number of H-pyrrole nitrogens is 1. The van der Waals surface area contributed by atoms with Crippen molar-refractivity contribution in [2.75, 3.05) is 20.1 Å². The van der Waals surface area contributed by atoms with Crippen LogP contribution in [0.3, 0.4) is 0 Å². The molecule has 7 nitrogen and oxygen atoms in total. The predicted octanol–water partition coefficient (Wildman–Crippen LogP) is 3.22. The number of carbonyl (C=O) groups excluding carboxylic acids is 1. The Bertz CT molecular complexity index is 1310. The highest BCUT2D eigenvalue weighted by Crippen LogP contribution is 2.27. The average Bonchev–Trinajstić information content (AvgIpc) is 2.78. The van der Waals surface area contributed by atoms with Crippen LogP contribution in [0, 0.1) is 5.95 Å². The first-order valence-electron chi connectivity index (χ1n) is 10.4. The van der Waals surface area contributed by atoms with E-state index in [0.717, 1.165) is 17.2 Å². The molecule has 0 saturated heterocycles. The predicted molar refractivity (Wildman–Crippen MR) is 117 cm³/mol. The highest BCUT2D eigenvalue weighted by atomic mass is 19.3. The Morgan fingerprint density at radius 2 is 2.09 bits per heavy atom. The lowest BCUT2D eigenvalue weighted by molar-refractivity contribution is 0.0161. The highest BCUT2D eigenvalue weighted by Gasteiger charge is 2.28. The summed E-state index contributed by atoms with van der Waals surface area (Å²) in [6.07, 6.45) is 4.10. The zero-order chi connectivity index (χ0) is 23.8. The van der Waals surface area contributed by atoms with Crippen LogP contribution in [0.5, 0.6) is 0 Å². The molecule has 0 bridgehead atoms. The van der Waals surface area contributed by atoms with E-state index in [1.807, 2.05) is 6.08 Å². The SMILES string of the molecule is CNC(=O)c1ccc(C2=CCN(Cc3cnc4cc(C(C)(F)F)c(=O)[nH]c4c3)CC2)c(F)n1. The van der Waals surface area contributed by atoms with E-state index in [-0.39, 0.29) is 5.69 Å². The molecule has 0 atom stereocenters. The minimum absolute atomic E-state index is 0.0217. The Hall–Kier alpha value is -3.53. The van der Waals surface area contributed by atoms with Gasteiger partial charge in [0.1, 0.15) is 5.69 Å². The molecule has 4 rings (SSSR count). The van der Waals surface area contributed by atoms with E-state index in [9.17, 15) is 22.8 Å². The molecule has 172 valence electrons. The molecule has 0 aromatic carbocycles. The molecule has 3 aromatic rings. The Kier molecular flexibility index (Phi) is 6.03. The number of amides is 1. The summed E-state index contributed by atoms with van der Waals surface area (Å²) in [5.41, 5.74) is 1.25. The van der Waals surface area contributed by atoms with Gasteiger partial charge in [0.25, 0.3) is 17.4 Å². The van der Waals surface area contributed by atoms with Gasteiger partial charge in [0.15, 0.2) is 0 Å². The van der Waals surface area contributed by atoms with E-state index in [0.29, 0.717) is 49.6 Å². The van der Waals surface area contributed by atoms with Crippen LogP contribution in [-0.4, -0.2) is 45.9 Å². The molecular formula is C23H22F3N5O2. The van der Waals surface area contributed by atoms with E-state index in [4.69, 9.17) is 0 Å². The number of aromatic amines is 1. The summed E-state index contributed by atoms with van der Waals surface area (Å²) in [4.78, 5) is 36.2. The zero-order valence-electron chi connectivity index (χ0n) is 18.1. The van der Waals surface area contributed by atoms with E-state index in [1.165, 1.54) is 13.1 Å². The number of rotatable bonds is 5. The second kappa shape index (κ2) is 8.78. The number of hydrogen-bond donors (Lipinski definition) is 2. The van der Waals surface area contributed by atoms with Gasteiger partial charge in [-0.05, 0) is 41.8 Å². The minimum Gasteiger partial charge on any atom is -0.354 e. The molecule has 1 amide bonds. The molecule has 2 N–H and O–H groups in total. The first kappa shape index (κ1) is 22.7. The molecule has 0 spiro atoms. The van der Waals surface area contributed by atoms with Gasteiger partial charge < -0.3 is 10.3 Å². The second-order valence-electron chi connectivity index (χ2n) is 8.01. The second-order valence-corrected chi connectivity index (χ2v) is 8.01. The van der Waals surface area contributed by atoms with Crippen molar-refractivity contribution in [2.45, 2.75) is 25.8 Å². The van der Waals surface area contributed by atoms with Gasteiger partial charge in [0, 0.05) is 45.4 Å². The van der Waals surface area contributed by atoms with Crippen LogP contribution in [0.25, 0.3) is 16.6 Å². The Morgan fingerprint density at radius 1 is 1.30 bits per heavy atom. The fourth-order valence-corrected chi connectivity index (χ4v) is 3.82. The molecule has 0 fully saturated rings. The fourth-order valence-electron chi connectivity index (χ4n) is 3.82. The number of alkyl halides is 2. The lowest BCUT2D eigenvalue weighted by Gasteiger charge is -2.26. The van der Waals surface area contributed by atoms with Gasteiger partial charge in [-0.15, -0.1) is 0 Å². The van der Waals surface area contributed by atoms with Crippen LogP contribution in [0.15, 0.2) is 41.3 Å². The number of nitrogens with zero attached hydrogens (tertiary/aromatic N) is 3. The quantitative estimate of drug-likeness (QED) is 0.574. The molecule has 0 saturated carbocycles. The molecule has 0 aliphatic carbocycles. The summed E-state index contributed by atoms with van der Waals surface area (Å²) in [6.45, 7) is 2.41. The summed E-state index contributed by atoms with van der Waals surface area (Å²) in [5.74, 6) is -4.39. The van der Waals surface area contributed by atoms with Crippen molar-refractivity contribution >= 4 is 22.5 Å². The molecular weight excluding hydrogens is 435 g/mol. The van der Waals surface area contributed by atoms with Gasteiger partial charge in [-0.25, -0.2) is 13.8 Å². The maximum absolute atomic E-state index is 14.4. The van der Waals surface area contributed by atoms with Crippen LogP contribution in [0.4, 0.5) is 13.2 Å². The third-order valence-electron chi connectivity index (χ3n) is 5.58. The van der Waals surface area contributed by atoms with Crippen molar-refractivity contribution in [1.29, 1.82) is 0 Å².